The van der Waals surface area contributed by atoms with Gasteiger partial charge in [0.15, 0.2) is 5.96 Å². The molecule has 0 saturated heterocycles. The molecule has 92 valence electrons. The highest BCUT2D eigenvalue weighted by molar-refractivity contribution is 14.0. The molecule has 0 spiro atoms. The van der Waals surface area contributed by atoms with Gasteiger partial charge in [-0.15, -0.1) is 35.3 Å². The Morgan fingerprint density at radius 1 is 1.56 bits per heavy atom. The third-order valence-corrected chi connectivity index (χ3v) is 3.11. The van der Waals surface area contributed by atoms with Gasteiger partial charge in [-0.2, -0.15) is 0 Å². The summed E-state index contributed by atoms with van der Waals surface area (Å²) in [6, 6.07) is 4.29. The second-order valence-corrected chi connectivity index (χ2v) is 4.62. The largest absolute Gasteiger partial charge is 0.359 e. The highest BCUT2D eigenvalue weighted by Crippen LogP contribution is 2.13. The van der Waals surface area contributed by atoms with Crippen molar-refractivity contribution in [1.82, 2.24) is 10.6 Å². The van der Waals surface area contributed by atoms with E-state index in [1.54, 1.807) is 7.05 Å². The van der Waals surface area contributed by atoms with Crippen LogP contribution in [0.1, 0.15) is 11.8 Å². The summed E-state index contributed by atoms with van der Waals surface area (Å²) in [6.45, 7) is 3.20. The lowest BCUT2D eigenvalue weighted by Gasteiger charge is -2.13. The molecular formula is C11H20IN3S. The zero-order valence-electron chi connectivity index (χ0n) is 9.99. The van der Waals surface area contributed by atoms with E-state index in [1.165, 1.54) is 4.88 Å². The number of guanidine groups is 1. The Balaban J connectivity index is 0.00000225. The van der Waals surface area contributed by atoms with Gasteiger partial charge in [-0.25, -0.2) is 0 Å². The molecule has 0 aliphatic heterocycles. The third-order valence-electron chi connectivity index (χ3n) is 2.21. The van der Waals surface area contributed by atoms with E-state index < -0.39 is 0 Å². The molecule has 0 saturated carbocycles. The number of halogens is 1. The van der Waals surface area contributed by atoms with Crippen LogP contribution in [-0.4, -0.2) is 26.6 Å². The van der Waals surface area contributed by atoms with Gasteiger partial charge < -0.3 is 10.6 Å². The van der Waals surface area contributed by atoms with Crippen molar-refractivity contribution in [2.45, 2.75) is 13.3 Å². The minimum absolute atomic E-state index is 0. The Morgan fingerprint density at radius 3 is 2.81 bits per heavy atom. The zero-order valence-corrected chi connectivity index (χ0v) is 13.1. The van der Waals surface area contributed by atoms with Gasteiger partial charge in [-0.05, 0) is 23.8 Å². The molecule has 1 rings (SSSR count). The third kappa shape index (κ3) is 5.69. The molecule has 16 heavy (non-hydrogen) atoms. The molecular weight excluding hydrogens is 333 g/mol. The first-order valence-electron chi connectivity index (χ1n) is 5.17. The predicted molar refractivity (Wildman–Crippen MR) is 83.0 cm³/mol. The molecule has 1 atom stereocenters. The molecule has 3 nitrogen and oxygen atoms in total. The first-order chi connectivity index (χ1) is 7.26. The molecule has 1 aromatic rings. The van der Waals surface area contributed by atoms with E-state index in [0.717, 1.165) is 18.9 Å². The van der Waals surface area contributed by atoms with Crippen molar-refractivity contribution in [3.05, 3.63) is 22.4 Å². The maximum Gasteiger partial charge on any atom is 0.190 e. The van der Waals surface area contributed by atoms with Crippen molar-refractivity contribution in [2.75, 3.05) is 20.6 Å². The normalized spacial score (nSPS) is 12.8. The van der Waals surface area contributed by atoms with Crippen LogP contribution in [0.25, 0.3) is 0 Å². The maximum absolute atomic E-state index is 4.07. The molecule has 0 aliphatic rings. The van der Waals surface area contributed by atoms with Crippen LogP contribution in [0.4, 0.5) is 0 Å². The topological polar surface area (TPSA) is 36.4 Å². The van der Waals surface area contributed by atoms with E-state index in [9.17, 15) is 0 Å². The molecule has 5 heteroatoms. The smallest absolute Gasteiger partial charge is 0.190 e. The lowest BCUT2D eigenvalue weighted by molar-refractivity contribution is 0.564. The second kappa shape index (κ2) is 8.81. The minimum atomic E-state index is 0. The molecule has 0 amide bonds. The average Bonchev–Trinajstić information content (AvgIpc) is 2.72. The van der Waals surface area contributed by atoms with Gasteiger partial charge in [0.05, 0.1) is 0 Å². The number of aliphatic imine (C=N–C) groups is 1. The molecule has 0 aromatic carbocycles. The Labute approximate surface area is 119 Å². The summed E-state index contributed by atoms with van der Waals surface area (Å²) in [6.07, 6.45) is 1.13. The fourth-order valence-electron chi connectivity index (χ4n) is 1.39. The van der Waals surface area contributed by atoms with E-state index in [-0.39, 0.29) is 24.0 Å². The Morgan fingerprint density at radius 2 is 2.31 bits per heavy atom. The maximum atomic E-state index is 4.07. The van der Waals surface area contributed by atoms with Gasteiger partial charge >= 0.3 is 0 Å². The van der Waals surface area contributed by atoms with E-state index in [2.05, 4.69) is 40.1 Å². The number of nitrogens with zero attached hydrogens (tertiary/aromatic N) is 1. The lowest BCUT2D eigenvalue weighted by atomic mass is 10.1. The summed E-state index contributed by atoms with van der Waals surface area (Å²) in [5, 5.41) is 8.41. The molecule has 1 aromatic heterocycles. The van der Waals surface area contributed by atoms with Crippen LogP contribution in [0.5, 0.6) is 0 Å². The van der Waals surface area contributed by atoms with Crippen LogP contribution < -0.4 is 10.6 Å². The average molecular weight is 353 g/mol. The van der Waals surface area contributed by atoms with Crippen LogP contribution in [0.3, 0.4) is 0 Å². The van der Waals surface area contributed by atoms with E-state index in [4.69, 9.17) is 0 Å². The monoisotopic (exact) mass is 353 g/mol. The van der Waals surface area contributed by atoms with E-state index >= 15 is 0 Å². The highest BCUT2D eigenvalue weighted by Gasteiger charge is 2.04. The first-order valence-corrected chi connectivity index (χ1v) is 6.05. The van der Waals surface area contributed by atoms with Crippen LogP contribution in [0.15, 0.2) is 22.5 Å². The number of rotatable bonds is 4. The Hall–Kier alpha value is -0.300. The zero-order chi connectivity index (χ0) is 11.1. The Kier molecular flexibility index (Phi) is 8.64. The minimum Gasteiger partial charge on any atom is -0.359 e. The van der Waals surface area contributed by atoms with Crippen molar-refractivity contribution in [2.24, 2.45) is 10.9 Å². The summed E-state index contributed by atoms with van der Waals surface area (Å²) in [4.78, 5) is 5.52. The fraction of sp³-hybridized carbons (Fsp3) is 0.545. The van der Waals surface area contributed by atoms with Crippen LogP contribution in [0, 0.1) is 5.92 Å². The number of hydrogen-bond donors (Lipinski definition) is 2. The van der Waals surface area contributed by atoms with Crippen molar-refractivity contribution in [3.63, 3.8) is 0 Å². The lowest BCUT2D eigenvalue weighted by Crippen LogP contribution is -2.37. The fourth-order valence-corrected chi connectivity index (χ4v) is 2.26. The predicted octanol–water partition coefficient (Wildman–Crippen LogP) is 2.34. The molecule has 2 N–H and O–H groups in total. The molecule has 0 radical (unpaired) electrons. The van der Waals surface area contributed by atoms with Crippen molar-refractivity contribution < 1.29 is 0 Å². The second-order valence-electron chi connectivity index (χ2n) is 3.59. The molecule has 0 bridgehead atoms. The van der Waals surface area contributed by atoms with E-state index in [1.807, 2.05) is 18.4 Å². The van der Waals surface area contributed by atoms with Crippen molar-refractivity contribution in [3.8, 4) is 0 Å². The van der Waals surface area contributed by atoms with Crippen molar-refractivity contribution in [1.29, 1.82) is 0 Å². The summed E-state index contributed by atoms with van der Waals surface area (Å²) in [5.74, 6) is 1.47. The van der Waals surface area contributed by atoms with Gasteiger partial charge in [0.25, 0.3) is 0 Å². The highest BCUT2D eigenvalue weighted by atomic mass is 127. The first kappa shape index (κ1) is 15.7. The quantitative estimate of drug-likeness (QED) is 0.495. The van der Waals surface area contributed by atoms with Gasteiger partial charge in [0, 0.05) is 25.5 Å². The van der Waals surface area contributed by atoms with Crippen LogP contribution in [0.2, 0.25) is 0 Å². The number of nitrogens with one attached hydrogen (secondary N) is 2. The Bertz CT molecular complexity index is 298. The molecule has 0 aliphatic carbocycles. The standard InChI is InChI=1S/C11H19N3S.HI/c1-9(7-10-5-4-6-15-10)8-14-11(12-2)13-3;/h4-6,9H,7-8H2,1-3H3,(H2,12,13,14);1H. The molecule has 0 fully saturated rings. The summed E-state index contributed by atoms with van der Waals surface area (Å²) >= 11 is 1.82. The van der Waals surface area contributed by atoms with Crippen LogP contribution >= 0.6 is 35.3 Å². The molecule has 1 heterocycles. The van der Waals surface area contributed by atoms with Gasteiger partial charge in [0.1, 0.15) is 0 Å². The van der Waals surface area contributed by atoms with Crippen molar-refractivity contribution >= 4 is 41.3 Å². The molecule has 1 unspecified atom stereocenters. The van der Waals surface area contributed by atoms with Gasteiger partial charge in [-0.3, -0.25) is 4.99 Å². The SMILES string of the molecule is CN=C(NC)NCC(C)Cc1cccs1.I. The van der Waals surface area contributed by atoms with Gasteiger partial charge in [-0.1, -0.05) is 13.0 Å². The summed E-state index contributed by atoms with van der Waals surface area (Å²) < 4.78 is 0. The summed E-state index contributed by atoms with van der Waals surface area (Å²) in [5.41, 5.74) is 0. The van der Waals surface area contributed by atoms with Crippen LogP contribution in [-0.2, 0) is 6.42 Å². The number of hydrogen-bond acceptors (Lipinski definition) is 2. The van der Waals surface area contributed by atoms with Gasteiger partial charge in [0.2, 0.25) is 0 Å². The summed E-state index contributed by atoms with van der Waals surface area (Å²) in [7, 11) is 3.65. The van der Waals surface area contributed by atoms with E-state index in [0.29, 0.717) is 5.92 Å². The number of thiophene rings is 1.